The van der Waals surface area contributed by atoms with Crippen LogP contribution in [0.2, 0.25) is 0 Å². The van der Waals surface area contributed by atoms with Gasteiger partial charge in [-0.2, -0.15) is 5.26 Å². The minimum Gasteiger partial charge on any atom is -0.395 e. The zero-order valence-corrected chi connectivity index (χ0v) is 11.4. The van der Waals surface area contributed by atoms with Crippen LogP contribution in [0.1, 0.15) is 37.3 Å². The molecule has 3 nitrogen and oxygen atoms in total. The number of halogens is 1. The number of unbranched alkanes of at least 4 members (excludes halogenated alkanes) is 2. The van der Waals surface area contributed by atoms with E-state index >= 15 is 0 Å². The first kappa shape index (κ1) is 15.6. The molecular formula is C15H21FN2O. The van der Waals surface area contributed by atoms with Gasteiger partial charge in [-0.15, -0.1) is 0 Å². The van der Waals surface area contributed by atoms with E-state index in [2.05, 4.69) is 11.8 Å². The summed E-state index contributed by atoms with van der Waals surface area (Å²) in [6.45, 7) is 4.41. The molecule has 0 spiro atoms. The highest BCUT2D eigenvalue weighted by molar-refractivity contribution is 5.34. The molecule has 0 aliphatic carbocycles. The third-order valence-electron chi connectivity index (χ3n) is 3.05. The normalized spacial score (nSPS) is 10.7. The molecule has 0 unspecified atom stereocenters. The number of nitriles is 1. The summed E-state index contributed by atoms with van der Waals surface area (Å²) in [4.78, 5) is 2.13. The SMILES string of the molecule is CCCCCN(CCO)Cc1ccc(F)c(C#N)c1. The van der Waals surface area contributed by atoms with Crippen LogP contribution in [0.5, 0.6) is 0 Å². The van der Waals surface area contributed by atoms with Crippen molar-refractivity contribution in [3.63, 3.8) is 0 Å². The van der Waals surface area contributed by atoms with Gasteiger partial charge in [-0.25, -0.2) is 4.39 Å². The highest BCUT2D eigenvalue weighted by Gasteiger charge is 2.08. The predicted octanol–water partition coefficient (Wildman–Crippen LogP) is 2.68. The van der Waals surface area contributed by atoms with Crippen LogP contribution in [0, 0.1) is 17.1 Å². The highest BCUT2D eigenvalue weighted by atomic mass is 19.1. The second kappa shape index (κ2) is 8.63. The molecule has 0 aliphatic rings. The topological polar surface area (TPSA) is 47.3 Å². The lowest BCUT2D eigenvalue weighted by Crippen LogP contribution is -2.27. The van der Waals surface area contributed by atoms with Crippen LogP contribution >= 0.6 is 0 Å². The summed E-state index contributed by atoms with van der Waals surface area (Å²) in [5.41, 5.74) is 0.984. The first-order chi connectivity index (χ1) is 9.21. The Balaban J connectivity index is 2.65. The number of rotatable bonds is 8. The fourth-order valence-electron chi connectivity index (χ4n) is 2.01. The van der Waals surface area contributed by atoms with Crippen molar-refractivity contribution >= 4 is 0 Å². The van der Waals surface area contributed by atoms with Crippen molar-refractivity contribution < 1.29 is 9.50 Å². The number of nitrogens with zero attached hydrogens (tertiary/aromatic N) is 2. The Morgan fingerprint density at radius 3 is 2.74 bits per heavy atom. The molecular weight excluding hydrogens is 243 g/mol. The van der Waals surface area contributed by atoms with E-state index in [1.165, 1.54) is 6.07 Å². The molecule has 19 heavy (non-hydrogen) atoms. The molecule has 0 heterocycles. The van der Waals surface area contributed by atoms with Gasteiger partial charge in [-0.3, -0.25) is 4.90 Å². The van der Waals surface area contributed by atoms with Gasteiger partial charge >= 0.3 is 0 Å². The first-order valence-electron chi connectivity index (χ1n) is 6.73. The molecule has 104 valence electrons. The fraction of sp³-hybridized carbons (Fsp3) is 0.533. The summed E-state index contributed by atoms with van der Waals surface area (Å²) < 4.78 is 13.2. The minimum atomic E-state index is -0.481. The van der Waals surface area contributed by atoms with Crippen LogP contribution in [0.3, 0.4) is 0 Å². The molecule has 0 amide bonds. The lowest BCUT2D eigenvalue weighted by atomic mass is 10.1. The lowest BCUT2D eigenvalue weighted by Gasteiger charge is -2.21. The van der Waals surface area contributed by atoms with Crippen LogP contribution in [-0.4, -0.2) is 29.7 Å². The van der Waals surface area contributed by atoms with Crippen LogP contribution in [0.4, 0.5) is 4.39 Å². The van der Waals surface area contributed by atoms with E-state index in [9.17, 15) is 4.39 Å². The van der Waals surface area contributed by atoms with E-state index in [-0.39, 0.29) is 12.2 Å². The first-order valence-corrected chi connectivity index (χ1v) is 6.73. The van der Waals surface area contributed by atoms with Crippen molar-refractivity contribution in [3.8, 4) is 6.07 Å². The van der Waals surface area contributed by atoms with Crippen LogP contribution in [-0.2, 0) is 6.54 Å². The van der Waals surface area contributed by atoms with Gasteiger partial charge in [0.2, 0.25) is 0 Å². The molecule has 1 aromatic rings. The monoisotopic (exact) mass is 264 g/mol. The Morgan fingerprint density at radius 1 is 1.32 bits per heavy atom. The standard InChI is InChI=1S/C15H21FN2O/c1-2-3-4-7-18(8-9-19)12-13-5-6-15(16)14(10-13)11-17/h5-6,10,19H,2-4,7-9,12H2,1H3. The maximum atomic E-state index is 13.2. The molecule has 0 saturated carbocycles. The summed E-state index contributed by atoms with van der Waals surface area (Å²) in [6.07, 6.45) is 3.40. The molecule has 1 N–H and O–H groups in total. The second-order valence-corrected chi connectivity index (χ2v) is 4.63. The molecule has 0 aromatic heterocycles. The summed E-state index contributed by atoms with van der Waals surface area (Å²) in [7, 11) is 0. The quantitative estimate of drug-likeness (QED) is 0.734. The molecule has 1 rings (SSSR count). The number of hydrogen-bond acceptors (Lipinski definition) is 3. The molecule has 4 heteroatoms. The predicted molar refractivity (Wildman–Crippen MR) is 73.0 cm³/mol. The van der Waals surface area contributed by atoms with Crippen molar-refractivity contribution in [3.05, 3.63) is 35.1 Å². The highest BCUT2D eigenvalue weighted by Crippen LogP contribution is 2.12. The van der Waals surface area contributed by atoms with Gasteiger partial charge in [0.25, 0.3) is 0 Å². The summed E-state index contributed by atoms with van der Waals surface area (Å²) in [5, 5.41) is 17.9. The van der Waals surface area contributed by atoms with Crippen molar-refractivity contribution in [1.29, 1.82) is 5.26 Å². The van der Waals surface area contributed by atoms with Crippen molar-refractivity contribution in [1.82, 2.24) is 4.90 Å². The minimum absolute atomic E-state index is 0.0787. The molecule has 1 aromatic carbocycles. The average Bonchev–Trinajstić information content (AvgIpc) is 2.41. The number of benzene rings is 1. The summed E-state index contributed by atoms with van der Waals surface area (Å²) in [6, 6.07) is 6.46. The molecule has 0 aliphatic heterocycles. The fourth-order valence-corrected chi connectivity index (χ4v) is 2.01. The van der Waals surface area contributed by atoms with Gasteiger partial charge in [0.05, 0.1) is 12.2 Å². The molecule has 0 saturated heterocycles. The van der Waals surface area contributed by atoms with Crippen LogP contribution in [0.25, 0.3) is 0 Å². The van der Waals surface area contributed by atoms with Gasteiger partial charge in [-0.05, 0) is 30.7 Å². The number of aliphatic hydroxyl groups excluding tert-OH is 1. The number of hydrogen-bond donors (Lipinski definition) is 1. The Hall–Kier alpha value is -1.44. The second-order valence-electron chi connectivity index (χ2n) is 4.63. The van der Waals surface area contributed by atoms with Crippen molar-refractivity contribution in [2.45, 2.75) is 32.7 Å². The molecule has 0 atom stereocenters. The van der Waals surface area contributed by atoms with Crippen molar-refractivity contribution in [2.75, 3.05) is 19.7 Å². The summed E-state index contributed by atoms with van der Waals surface area (Å²) in [5.74, 6) is -0.481. The Morgan fingerprint density at radius 2 is 2.11 bits per heavy atom. The zero-order valence-electron chi connectivity index (χ0n) is 11.4. The van der Waals surface area contributed by atoms with Gasteiger partial charge < -0.3 is 5.11 Å². The van der Waals surface area contributed by atoms with E-state index in [0.29, 0.717) is 13.1 Å². The smallest absolute Gasteiger partial charge is 0.140 e. The van der Waals surface area contributed by atoms with Crippen molar-refractivity contribution in [2.24, 2.45) is 0 Å². The Labute approximate surface area is 114 Å². The summed E-state index contributed by atoms with van der Waals surface area (Å²) >= 11 is 0. The molecule has 0 fully saturated rings. The van der Waals surface area contributed by atoms with E-state index in [1.54, 1.807) is 12.1 Å². The Kier molecular flexibility index (Phi) is 7.09. The third kappa shape index (κ3) is 5.37. The van der Waals surface area contributed by atoms with Crippen LogP contribution in [0.15, 0.2) is 18.2 Å². The van der Waals surface area contributed by atoms with E-state index in [4.69, 9.17) is 10.4 Å². The maximum absolute atomic E-state index is 13.2. The van der Waals surface area contributed by atoms with E-state index in [0.717, 1.165) is 31.4 Å². The van der Waals surface area contributed by atoms with Gasteiger partial charge in [-0.1, -0.05) is 25.8 Å². The average molecular weight is 264 g/mol. The van der Waals surface area contributed by atoms with Gasteiger partial charge in [0, 0.05) is 13.1 Å². The third-order valence-corrected chi connectivity index (χ3v) is 3.05. The van der Waals surface area contributed by atoms with E-state index in [1.807, 2.05) is 6.07 Å². The molecule has 0 radical (unpaired) electrons. The lowest BCUT2D eigenvalue weighted by molar-refractivity contribution is 0.187. The van der Waals surface area contributed by atoms with Crippen LogP contribution < -0.4 is 0 Å². The molecule has 0 bridgehead atoms. The van der Waals surface area contributed by atoms with Gasteiger partial charge in [0.15, 0.2) is 0 Å². The van der Waals surface area contributed by atoms with Gasteiger partial charge in [0.1, 0.15) is 11.9 Å². The maximum Gasteiger partial charge on any atom is 0.140 e. The largest absolute Gasteiger partial charge is 0.395 e. The van der Waals surface area contributed by atoms with E-state index < -0.39 is 5.82 Å². The Bertz CT molecular complexity index is 429. The zero-order chi connectivity index (χ0) is 14.1. The number of aliphatic hydroxyl groups is 1.